The van der Waals surface area contributed by atoms with E-state index in [1.165, 1.54) is 24.8 Å². The van der Waals surface area contributed by atoms with E-state index in [-0.39, 0.29) is 22.5 Å². The molecule has 1 aliphatic rings. The van der Waals surface area contributed by atoms with Crippen molar-refractivity contribution in [2.45, 2.75) is 30.1 Å². The van der Waals surface area contributed by atoms with Crippen molar-refractivity contribution < 1.29 is 17.9 Å². The number of nitrogens with two attached hydrogens (primary N) is 1. The molecule has 6 nitrogen and oxygen atoms in total. The van der Waals surface area contributed by atoms with Crippen LogP contribution in [0.2, 0.25) is 0 Å². The lowest BCUT2D eigenvalue weighted by Gasteiger charge is -2.24. The molecule has 1 unspecified atom stereocenters. The van der Waals surface area contributed by atoms with Gasteiger partial charge in [-0.05, 0) is 48.6 Å². The van der Waals surface area contributed by atoms with Crippen molar-refractivity contribution in [1.82, 2.24) is 0 Å². The van der Waals surface area contributed by atoms with Gasteiger partial charge in [-0.3, -0.25) is 4.79 Å². The lowest BCUT2D eigenvalue weighted by Crippen LogP contribution is -2.25. The van der Waals surface area contributed by atoms with Crippen LogP contribution in [0.3, 0.4) is 0 Å². The van der Waals surface area contributed by atoms with Gasteiger partial charge in [0, 0.05) is 5.69 Å². The predicted molar refractivity (Wildman–Crippen MR) is 95.1 cm³/mol. The topological polar surface area (TPSA) is 98.5 Å². The van der Waals surface area contributed by atoms with Crippen LogP contribution < -0.4 is 15.2 Å². The quantitative estimate of drug-likeness (QED) is 0.874. The lowest BCUT2D eigenvalue weighted by atomic mass is 9.82. The Morgan fingerprint density at radius 3 is 2.72 bits per heavy atom. The molecule has 2 aromatic rings. The highest BCUT2D eigenvalue weighted by Gasteiger charge is 2.26. The molecule has 0 radical (unpaired) electrons. The Balaban J connectivity index is 1.87. The predicted octanol–water partition coefficient (Wildman–Crippen LogP) is 2.40. The van der Waals surface area contributed by atoms with E-state index >= 15 is 0 Å². The van der Waals surface area contributed by atoms with Crippen LogP contribution in [0.15, 0.2) is 47.4 Å². The molecular weight excluding hydrogens is 340 g/mol. The molecule has 0 aliphatic heterocycles. The maximum absolute atomic E-state index is 12.7. The number of hydrogen-bond acceptors (Lipinski definition) is 4. The summed E-state index contributed by atoms with van der Waals surface area (Å²) in [5.41, 5.74) is 2.60. The number of carbonyl (C=O) groups excluding carboxylic acids is 1. The molecule has 3 rings (SSSR count). The minimum Gasteiger partial charge on any atom is -0.495 e. The van der Waals surface area contributed by atoms with Crippen LogP contribution in [-0.4, -0.2) is 21.4 Å². The number of primary sulfonamides is 1. The van der Waals surface area contributed by atoms with Crippen LogP contribution in [-0.2, 0) is 21.2 Å². The van der Waals surface area contributed by atoms with Gasteiger partial charge >= 0.3 is 0 Å². The molecule has 0 spiro atoms. The zero-order valence-corrected chi connectivity index (χ0v) is 14.7. The second kappa shape index (κ2) is 6.85. The number of benzene rings is 2. The number of nitrogens with one attached hydrogen (secondary N) is 1. The summed E-state index contributed by atoms with van der Waals surface area (Å²) in [5, 5.41) is 8.02. The number of sulfonamides is 1. The van der Waals surface area contributed by atoms with E-state index in [9.17, 15) is 13.2 Å². The molecule has 2 aromatic carbocycles. The van der Waals surface area contributed by atoms with Crippen molar-refractivity contribution in [2.75, 3.05) is 12.4 Å². The Hall–Kier alpha value is -2.38. The molecule has 3 N–H and O–H groups in total. The fraction of sp³-hybridized carbons (Fsp3) is 0.278. The summed E-state index contributed by atoms with van der Waals surface area (Å²) in [7, 11) is -2.59. The molecule has 0 fully saturated rings. The van der Waals surface area contributed by atoms with Gasteiger partial charge in [0.1, 0.15) is 10.6 Å². The zero-order valence-electron chi connectivity index (χ0n) is 13.9. The van der Waals surface area contributed by atoms with Gasteiger partial charge in [-0.2, -0.15) is 0 Å². The number of carbonyl (C=O) groups is 1. The first-order valence-corrected chi connectivity index (χ1v) is 9.54. The third kappa shape index (κ3) is 3.67. The number of ether oxygens (including phenoxy) is 1. The first kappa shape index (κ1) is 17.4. The van der Waals surface area contributed by atoms with Gasteiger partial charge in [0.25, 0.3) is 0 Å². The molecule has 0 saturated heterocycles. The van der Waals surface area contributed by atoms with Crippen LogP contribution in [0.4, 0.5) is 5.69 Å². The van der Waals surface area contributed by atoms with Gasteiger partial charge in [-0.25, -0.2) is 13.6 Å². The third-order valence-corrected chi connectivity index (χ3v) is 5.36. The van der Waals surface area contributed by atoms with Gasteiger partial charge in [0.15, 0.2) is 0 Å². The van der Waals surface area contributed by atoms with E-state index in [0.29, 0.717) is 5.69 Å². The van der Waals surface area contributed by atoms with Crippen LogP contribution in [0.1, 0.15) is 29.9 Å². The number of amides is 1. The Kier molecular flexibility index (Phi) is 4.78. The van der Waals surface area contributed by atoms with E-state index in [4.69, 9.17) is 9.88 Å². The van der Waals surface area contributed by atoms with Crippen LogP contribution in [0.5, 0.6) is 5.75 Å². The second-order valence-corrected chi connectivity index (χ2v) is 7.57. The van der Waals surface area contributed by atoms with Crippen molar-refractivity contribution in [3.8, 4) is 5.75 Å². The standard InChI is InChI=1S/C18H20N2O4S/c1-24-16-10-9-13(11-17(16)25(19,22)23)20-18(21)15-8-4-6-12-5-2-3-7-14(12)15/h2-3,5,7,9-11,15H,4,6,8H2,1H3,(H,20,21)(H2,19,22,23). The number of hydrogen-bond donors (Lipinski definition) is 2. The first-order chi connectivity index (χ1) is 11.9. The SMILES string of the molecule is COc1ccc(NC(=O)C2CCCc3ccccc32)cc1S(N)(=O)=O. The smallest absolute Gasteiger partial charge is 0.241 e. The summed E-state index contributed by atoms with van der Waals surface area (Å²) >= 11 is 0. The van der Waals surface area contributed by atoms with E-state index < -0.39 is 10.0 Å². The number of rotatable bonds is 4. The average molecular weight is 360 g/mol. The Bertz CT molecular complexity index is 909. The number of fused-ring (bicyclic) bond motifs is 1. The van der Waals surface area contributed by atoms with Crippen molar-refractivity contribution in [2.24, 2.45) is 5.14 Å². The fourth-order valence-electron chi connectivity index (χ4n) is 3.23. The van der Waals surface area contributed by atoms with E-state index in [1.807, 2.05) is 24.3 Å². The molecule has 1 amide bonds. The fourth-order valence-corrected chi connectivity index (χ4v) is 3.96. The van der Waals surface area contributed by atoms with E-state index in [1.54, 1.807) is 6.07 Å². The minimum atomic E-state index is -3.95. The summed E-state index contributed by atoms with van der Waals surface area (Å²) < 4.78 is 28.4. The lowest BCUT2D eigenvalue weighted by molar-refractivity contribution is -0.117. The first-order valence-electron chi connectivity index (χ1n) is 7.99. The van der Waals surface area contributed by atoms with E-state index in [2.05, 4.69) is 5.32 Å². The largest absolute Gasteiger partial charge is 0.495 e. The maximum atomic E-state index is 12.7. The zero-order chi connectivity index (χ0) is 18.0. The van der Waals surface area contributed by atoms with E-state index in [0.717, 1.165) is 24.8 Å². The van der Waals surface area contributed by atoms with Crippen molar-refractivity contribution in [3.63, 3.8) is 0 Å². The molecule has 1 atom stereocenters. The normalized spacial score (nSPS) is 16.8. The summed E-state index contributed by atoms with van der Waals surface area (Å²) in [5.74, 6) is -0.258. The molecule has 0 saturated carbocycles. The summed E-state index contributed by atoms with van der Waals surface area (Å²) in [6, 6.07) is 12.3. The highest BCUT2D eigenvalue weighted by Crippen LogP contribution is 2.33. The summed E-state index contributed by atoms with van der Waals surface area (Å²) in [6.07, 6.45) is 2.68. The Morgan fingerprint density at radius 2 is 2.00 bits per heavy atom. The Morgan fingerprint density at radius 1 is 1.24 bits per heavy atom. The minimum absolute atomic E-state index is 0.142. The third-order valence-electron chi connectivity index (χ3n) is 4.42. The molecule has 0 bridgehead atoms. The summed E-state index contributed by atoms with van der Waals surface area (Å²) in [4.78, 5) is 12.6. The van der Waals surface area contributed by atoms with Gasteiger partial charge < -0.3 is 10.1 Å². The van der Waals surface area contributed by atoms with Crippen molar-refractivity contribution in [1.29, 1.82) is 0 Å². The van der Waals surface area contributed by atoms with Gasteiger partial charge in [0.2, 0.25) is 15.9 Å². The average Bonchev–Trinajstić information content (AvgIpc) is 2.60. The van der Waals surface area contributed by atoms with Crippen LogP contribution in [0.25, 0.3) is 0 Å². The number of anilines is 1. The monoisotopic (exact) mass is 360 g/mol. The van der Waals surface area contributed by atoms with Crippen LogP contribution >= 0.6 is 0 Å². The molecule has 7 heteroatoms. The molecule has 25 heavy (non-hydrogen) atoms. The molecule has 132 valence electrons. The molecule has 0 heterocycles. The number of methoxy groups -OCH3 is 1. The highest BCUT2D eigenvalue weighted by molar-refractivity contribution is 7.89. The van der Waals surface area contributed by atoms with Crippen molar-refractivity contribution >= 4 is 21.6 Å². The van der Waals surface area contributed by atoms with Gasteiger partial charge in [-0.15, -0.1) is 0 Å². The molecule has 1 aliphatic carbocycles. The van der Waals surface area contributed by atoms with Crippen LogP contribution in [0, 0.1) is 0 Å². The number of aryl methyl sites for hydroxylation is 1. The van der Waals surface area contributed by atoms with Crippen molar-refractivity contribution in [3.05, 3.63) is 53.6 Å². The van der Waals surface area contributed by atoms with Gasteiger partial charge in [0.05, 0.1) is 13.0 Å². The maximum Gasteiger partial charge on any atom is 0.241 e. The highest BCUT2D eigenvalue weighted by atomic mass is 32.2. The van der Waals surface area contributed by atoms with Gasteiger partial charge in [-0.1, -0.05) is 24.3 Å². The second-order valence-electron chi connectivity index (χ2n) is 6.04. The Labute approximate surface area is 147 Å². The molecular formula is C18H20N2O4S. The summed E-state index contributed by atoms with van der Waals surface area (Å²) in [6.45, 7) is 0. The molecule has 0 aromatic heterocycles.